The van der Waals surface area contributed by atoms with Gasteiger partial charge in [0.15, 0.2) is 0 Å². The highest BCUT2D eigenvalue weighted by atomic mass is 14.3. The summed E-state index contributed by atoms with van der Waals surface area (Å²) in [6, 6.07) is 0. The van der Waals surface area contributed by atoms with Crippen molar-refractivity contribution in [2.45, 2.75) is 26.2 Å². The molecule has 0 aromatic heterocycles. The molecule has 1 N–H and O–H groups in total. The molecule has 1 heteroatoms. The molecule has 10 heavy (non-hydrogen) atoms. The summed E-state index contributed by atoms with van der Waals surface area (Å²) in [5.74, 6) is 0. The molecule has 0 saturated heterocycles. The fraction of sp³-hybridized carbons (Fsp3) is 0.444. The van der Waals surface area contributed by atoms with Gasteiger partial charge in [0.25, 0.3) is 0 Å². The molecule has 1 aliphatic rings. The first kappa shape index (κ1) is 7.26. The second kappa shape index (κ2) is 3.35. The second-order valence-electron chi connectivity index (χ2n) is 2.55. The van der Waals surface area contributed by atoms with Crippen LogP contribution in [0.2, 0.25) is 0 Å². The summed E-state index contributed by atoms with van der Waals surface area (Å²) in [7, 11) is 0. The first-order valence-electron chi connectivity index (χ1n) is 3.73. The second-order valence-corrected chi connectivity index (χ2v) is 2.55. The largest absolute Gasteiger partial charge is 0.308 e. The SMILES string of the molecule is C/C=C\C1=C(C=N)CCC1. The van der Waals surface area contributed by atoms with Gasteiger partial charge in [0.2, 0.25) is 0 Å². The third-order valence-electron chi connectivity index (χ3n) is 1.85. The summed E-state index contributed by atoms with van der Waals surface area (Å²) in [6.07, 6.45) is 9.14. The first-order valence-corrected chi connectivity index (χ1v) is 3.73. The molecule has 0 radical (unpaired) electrons. The van der Waals surface area contributed by atoms with E-state index in [1.807, 2.05) is 13.0 Å². The molecule has 0 heterocycles. The summed E-state index contributed by atoms with van der Waals surface area (Å²) >= 11 is 0. The average Bonchev–Trinajstić information content (AvgIpc) is 2.36. The molecule has 0 spiro atoms. The van der Waals surface area contributed by atoms with Crippen molar-refractivity contribution in [2.24, 2.45) is 0 Å². The highest BCUT2D eigenvalue weighted by Crippen LogP contribution is 2.24. The van der Waals surface area contributed by atoms with E-state index in [1.165, 1.54) is 23.8 Å². The lowest BCUT2D eigenvalue weighted by Crippen LogP contribution is -1.79. The molecule has 0 saturated carbocycles. The molecule has 0 amide bonds. The summed E-state index contributed by atoms with van der Waals surface area (Å²) in [6.45, 7) is 2.02. The Labute approximate surface area is 62.0 Å². The van der Waals surface area contributed by atoms with E-state index >= 15 is 0 Å². The van der Waals surface area contributed by atoms with Crippen LogP contribution in [0.5, 0.6) is 0 Å². The number of allylic oxidation sites excluding steroid dienone is 4. The lowest BCUT2D eigenvalue weighted by Gasteiger charge is -1.92. The minimum Gasteiger partial charge on any atom is -0.308 e. The Kier molecular flexibility index (Phi) is 2.43. The summed E-state index contributed by atoms with van der Waals surface area (Å²) in [5, 5.41) is 7.09. The Hall–Kier alpha value is -0.850. The van der Waals surface area contributed by atoms with E-state index < -0.39 is 0 Å². The fourth-order valence-corrected chi connectivity index (χ4v) is 1.35. The van der Waals surface area contributed by atoms with Crippen LogP contribution in [0.1, 0.15) is 26.2 Å². The van der Waals surface area contributed by atoms with Crippen LogP contribution in [0, 0.1) is 5.41 Å². The van der Waals surface area contributed by atoms with Gasteiger partial charge in [-0.2, -0.15) is 0 Å². The van der Waals surface area contributed by atoms with E-state index in [4.69, 9.17) is 5.41 Å². The van der Waals surface area contributed by atoms with Crippen LogP contribution < -0.4 is 0 Å². The number of rotatable bonds is 2. The van der Waals surface area contributed by atoms with Crippen LogP contribution in [0.3, 0.4) is 0 Å². The molecule has 0 atom stereocenters. The van der Waals surface area contributed by atoms with Gasteiger partial charge in [-0.1, -0.05) is 12.2 Å². The molecular weight excluding hydrogens is 122 g/mol. The molecule has 0 aliphatic heterocycles. The number of nitrogens with one attached hydrogen (secondary N) is 1. The highest BCUT2D eigenvalue weighted by Gasteiger charge is 2.08. The molecule has 0 fully saturated rings. The molecule has 1 nitrogen and oxygen atoms in total. The van der Waals surface area contributed by atoms with Crippen molar-refractivity contribution in [3.05, 3.63) is 23.3 Å². The van der Waals surface area contributed by atoms with E-state index in [2.05, 4.69) is 6.08 Å². The van der Waals surface area contributed by atoms with Gasteiger partial charge in [0.05, 0.1) is 0 Å². The van der Waals surface area contributed by atoms with Crippen molar-refractivity contribution in [3.63, 3.8) is 0 Å². The Balaban J connectivity index is 2.77. The van der Waals surface area contributed by atoms with Gasteiger partial charge in [-0.3, -0.25) is 0 Å². The lowest BCUT2D eigenvalue weighted by atomic mass is 10.1. The number of hydrogen-bond acceptors (Lipinski definition) is 1. The Morgan fingerprint density at radius 2 is 2.00 bits per heavy atom. The molecule has 1 aliphatic carbocycles. The topological polar surface area (TPSA) is 23.9 Å². The van der Waals surface area contributed by atoms with E-state index in [-0.39, 0.29) is 0 Å². The summed E-state index contributed by atoms with van der Waals surface area (Å²) in [4.78, 5) is 0. The molecule has 0 unspecified atom stereocenters. The molecule has 1 rings (SSSR count). The maximum absolute atomic E-state index is 7.09. The number of hydrogen-bond donors (Lipinski definition) is 1. The zero-order valence-electron chi connectivity index (χ0n) is 6.35. The van der Waals surface area contributed by atoms with Gasteiger partial charge in [0.1, 0.15) is 0 Å². The van der Waals surface area contributed by atoms with Gasteiger partial charge in [-0.15, -0.1) is 0 Å². The van der Waals surface area contributed by atoms with Gasteiger partial charge in [0, 0.05) is 6.21 Å². The fourth-order valence-electron chi connectivity index (χ4n) is 1.35. The zero-order valence-corrected chi connectivity index (χ0v) is 6.35. The van der Waals surface area contributed by atoms with Crippen LogP contribution in [-0.2, 0) is 0 Å². The van der Waals surface area contributed by atoms with E-state index in [1.54, 1.807) is 0 Å². The van der Waals surface area contributed by atoms with Crippen molar-refractivity contribution in [3.8, 4) is 0 Å². The van der Waals surface area contributed by atoms with Crippen LogP contribution in [-0.4, -0.2) is 6.21 Å². The van der Waals surface area contributed by atoms with Gasteiger partial charge in [-0.25, -0.2) is 0 Å². The quantitative estimate of drug-likeness (QED) is 0.563. The first-order chi connectivity index (χ1) is 4.88. The van der Waals surface area contributed by atoms with Crippen LogP contribution in [0.25, 0.3) is 0 Å². The monoisotopic (exact) mass is 135 g/mol. The third-order valence-corrected chi connectivity index (χ3v) is 1.85. The standard InChI is InChI=1S/C9H13N/c1-2-4-8-5-3-6-9(8)7-10/h2,4,7,10H,3,5-6H2,1H3/b4-2-,10-7?. The van der Waals surface area contributed by atoms with E-state index in [9.17, 15) is 0 Å². The zero-order chi connectivity index (χ0) is 7.40. The Bertz CT molecular complexity index is 187. The van der Waals surface area contributed by atoms with Crippen molar-refractivity contribution < 1.29 is 0 Å². The average molecular weight is 135 g/mol. The van der Waals surface area contributed by atoms with Crippen LogP contribution in [0.15, 0.2) is 23.3 Å². The third kappa shape index (κ3) is 1.35. The Morgan fingerprint density at radius 1 is 1.30 bits per heavy atom. The Morgan fingerprint density at radius 3 is 2.60 bits per heavy atom. The maximum atomic E-state index is 7.09. The molecule has 54 valence electrons. The molecule has 0 aromatic carbocycles. The smallest absolute Gasteiger partial charge is 0.0212 e. The van der Waals surface area contributed by atoms with Gasteiger partial charge < -0.3 is 5.41 Å². The lowest BCUT2D eigenvalue weighted by molar-refractivity contribution is 0.910. The molecule has 0 bridgehead atoms. The van der Waals surface area contributed by atoms with E-state index in [0.29, 0.717) is 0 Å². The predicted octanol–water partition coefficient (Wildman–Crippen LogP) is 2.69. The summed E-state index contributed by atoms with van der Waals surface area (Å²) < 4.78 is 0. The maximum Gasteiger partial charge on any atom is 0.0212 e. The van der Waals surface area contributed by atoms with E-state index in [0.717, 1.165) is 12.8 Å². The van der Waals surface area contributed by atoms with Crippen molar-refractivity contribution in [1.29, 1.82) is 5.41 Å². The van der Waals surface area contributed by atoms with Crippen molar-refractivity contribution in [2.75, 3.05) is 0 Å². The molecule has 0 aromatic rings. The highest BCUT2D eigenvalue weighted by molar-refractivity contribution is 5.78. The summed E-state index contributed by atoms with van der Waals surface area (Å²) in [5.41, 5.74) is 2.58. The van der Waals surface area contributed by atoms with Crippen molar-refractivity contribution >= 4 is 6.21 Å². The van der Waals surface area contributed by atoms with Gasteiger partial charge in [-0.05, 0) is 37.3 Å². The molecular formula is C9H13N. The van der Waals surface area contributed by atoms with Gasteiger partial charge >= 0.3 is 0 Å². The normalized spacial score (nSPS) is 18.9. The van der Waals surface area contributed by atoms with Crippen molar-refractivity contribution in [1.82, 2.24) is 0 Å². The minimum atomic E-state index is 1.10. The minimum absolute atomic E-state index is 1.10. The van der Waals surface area contributed by atoms with Crippen LogP contribution in [0.4, 0.5) is 0 Å². The predicted molar refractivity (Wildman–Crippen MR) is 44.5 cm³/mol. The van der Waals surface area contributed by atoms with Crippen LogP contribution >= 0.6 is 0 Å².